The van der Waals surface area contributed by atoms with E-state index < -0.39 is 9.84 Å². The molecule has 27 heavy (non-hydrogen) atoms. The Balaban J connectivity index is 1.16. The maximum Gasteiger partial charge on any atom is 0.155 e. The van der Waals surface area contributed by atoms with Crippen LogP contribution < -0.4 is 4.90 Å². The second kappa shape index (κ2) is 6.44. The lowest BCUT2D eigenvalue weighted by Crippen LogP contribution is -2.61. The number of rotatable bonds is 6. The van der Waals surface area contributed by atoms with E-state index >= 15 is 0 Å². The van der Waals surface area contributed by atoms with Gasteiger partial charge in [0.15, 0.2) is 9.84 Å². The molecule has 0 bridgehead atoms. The second-order valence-corrected chi connectivity index (χ2v) is 10.9. The van der Waals surface area contributed by atoms with E-state index in [0.717, 1.165) is 42.8 Å². The van der Waals surface area contributed by atoms with Gasteiger partial charge < -0.3 is 9.88 Å². The first-order valence-electron chi connectivity index (χ1n) is 9.98. The summed E-state index contributed by atoms with van der Waals surface area (Å²) in [6, 6.07) is 3.01. The number of fused-ring (bicyclic) bond motifs is 1. The van der Waals surface area contributed by atoms with E-state index in [1.807, 2.05) is 19.3 Å². The highest BCUT2D eigenvalue weighted by atomic mass is 32.2. The normalized spacial score (nSPS) is 27.1. The average molecular weight is 390 g/mol. The Morgan fingerprint density at radius 1 is 1.26 bits per heavy atom. The molecule has 3 fully saturated rings. The van der Waals surface area contributed by atoms with Crippen molar-refractivity contribution in [2.45, 2.75) is 49.4 Å². The van der Waals surface area contributed by atoms with Crippen LogP contribution in [0.4, 0.5) is 5.82 Å². The standard InChI is InChI=1S/C19H27N5O2S/c1-23(19-17-5-6-20-18(17)21-12-22-19)15-7-13(8-15)11-27(25,26)16-9-24(10-16)14-3-2-4-14/h5-6,12-16H,2-4,7-11H2,1H3,(H,20,21,22)/t13-,15+. The van der Waals surface area contributed by atoms with E-state index in [-0.39, 0.29) is 11.2 Å². The van der Waals surface area contributed by atoms with Gasteiger partial charge in [-0.3, -0.25) is 4.90 Å². The molecule has 2 saturated carbocycles. The summed E-state index contributed by atoms with van der Waals surface area (Å²) in [5.74, 6) is 1.55. The largest absolute Gasteiger partial charge is 0.356 e. The summed E-state index contributed by atoms with van der Waals surface area (Å²) in [5.41, 5.74) is 0.839. The minimum Gasteiger partial charge on any atom is -0.356 e. The van der Waals surface area contributed by atoms with Gasteiger partial charge in [-0.25, -0.2) is 18.4 Å². The Labute approximate surface area is 160 Å². The first-order valence-corrected chi connectivity index (χ1v) is 11.7. The van der Waals surface area contributed by atoms with Gasteiger partial charge in [-0.05, 0) is 37.7 Å². The lowest BCUT2D eigenvalue weighted by atomic mass is 9.81. The molecule has 0 amide bonds. The maximum absolute atomic E-state index is 12.7. The third-order valence-corrected chi connectivity index (χ3v) is 9.12. The third kappa shape index (κ3) is 3.02. The number of anilines is 1. The molecular weight excluding hydrogens is 362 g/mol. The summed E-state index contributed by atoms with van der Waals surface area (Å²) in [4.78, 5) is 16.3. The van der Waals surface area contributed by atoms with Crippen LogP contribution in [-0.2, 0) is 9.84 Å². The lowest BCUT2D eigenvalue weighted by molar-refractivity contribution is 0.0704. The van der Waals surface area contributed by atoms with E-state index in [1.165, 1.54) is 19.3 Å². The van der Waals surface area contributed by atoms with Gasteiger partial charge in [0.25, 0.3) is 0 Å². The van der Waals surface area contributed by atoms with Crippen molar-refractivity contribution in [1.29, 1.82) is 0 Å². The average Bonchev–Trinajstić information content (AvgIpc) is 2.99. The molecule has 2 aromatic heterocycles. The number of nitrogens with one attached hydrogen (secondary N) is 1. The first-order chi connectivity index (χ1) is 13.0. The zero-order valence-electron chi connectivity index (χ0n) is 15.7. The first kappa shape index (κ1) is 17.4. The van der Waals surface area contributed by atoms with Crippen LogP contribution in [0.1, 0.15) is 32.1 Å². The van der Waals surface area contributed by atoms with Gasteiger partial charge in [0.1, 0.15) is 17.8 Å². The summed E-state index contributed by atoms with van der Waals surface area (Å²) in [7, 11) is -0.916. The van der Waals surface area contributed by atoms with E-state index in [1.54, 1.807) is 6.33 Å². The second-order valence-electron chi connectivity index (χ2n) is 8.53. The fraction of sp³-hybridized carbons (Fsp3) is 0.684. The molecule has 0 spiro atoms. The molecule has 7 nitrogen and oxygen atoms in total. The molecule has 1 aliphatic heterocycles. The van der Waals surface area contributed by atoms with Gasteiger partial charge in [-0.2, -0.15) is 0 Å². The van der Waals surface area contributed by atoms with Crippen molar-refractivity contribution < 1.29 is 8.42 Å². The molecule has 1 saturated heterocycles. The molecule has 2 aromatic rings. The minimum absolute atomic E-state index is 0.128. The molecule has 0 aromatic carbocycles. The summed E-state index contributed by atoms with van der Waals surface area (Å²) < 4.78 is 25.4. The lowest BCUT2D eigenvalue weighted by Gasteiger charge is -2.48. The molecule has 3 aliphatic rings. The highest BCUT2D eigenvalue weighted by Gasteiger charge is 2.44. The predicted octanol–water partition coefficient (Wildman–Crippen LogP) is 1.82. The van der Waals surface area contributed by atoms with E-state index in [9.17, 15) is 8.42 Å². The summed E-state index contributed by atoms with van der Waals surface area (Å²) in [6.07, 6.45) is 9.10. The van der Waals surface area contributed by atoms with Crippen LogP contribution >= 0.6 is 0 Å². The summed E-state index contributed by atoms with van der Waals surface area (Å²) in [6.45, 7) is 1.52. The molecule has 0 radical (unpaired) electrons. The number of hydrogen-bond acceptors (Lipinski definition) is 6. The van der Waals surface area contributed by atoms with Crippen molar-refractivity contribution in [3.05, 3.63) is 18.6 Å². The fourth-order valence-corrected chi connectivity index (χ4v) is 6.72. The van der Waals surface area contributed by atoms with Crippen LogP contribution in [0.15, 0.2) is 18.6 Å². The molecule has 0 unspecified atom stereocenters. The molecule has 5 rings (SSSR count). The van der Waals surface area contributed by atoms with Crippen molar-refractivity contribution >= 4 is 26.7 Å². The SMILES string of the molecule is CN(c1ncnc2[nH]ccc12)[C@H]1C[C@@H](CS(=O)(=O)C2CN(C3CCC3)C2)C1. The Morgan fingerprint density at radius 3 is 2.74 bits per heavy atom. The summed E-state index contributed by atoms with van der Waals surface area (Å²) >= 11 is 0. The number of sulfone groups is 1. The van der Waals surface area contributed by atoms with Crippen molar-refractivity contribution in [2.24, 2.45) is 5.92 Å². The highest BCUT2D eigenvalue weighted by Crippen LogP contribution is 2.37. The van der Waals surface area contributed by atoms with Gasteiger partial charge in [-0.1, -0.05) is 6.42 Å². The number of likely N-dealkylation sites (tertiary alicyclic amines) is 1. The van der Waals surface area contributed by atoms with Gasteiger partial charge >= 0.3 is 0 Å². The molecule has 3 heterocycles. The Kier molecular flexibility index (Phi) is 4.16. The van der Waals surface area contributed by atoms with Crippen LogP contribution in [0, 0.1) is 5.92 Å². The Hall–Kier alpha value is -1.67. The van der Waals surface area contributed by atoms with Crippen molar-refractivity contribution in [3.63, 3.8) is 0 Å². The van der Waals surface area contributed by atoms with Crippen LogP contribution in [0.25, 0.3) is 11.0 Å². The molecule has 1 N–H and O–H groups in total. The highest BCUT2D eigenvalue weighted by molar-refractivity contribution is 7.92. The molecular formula is C19H27N5O2S. The topological polar surface area (TPSA) is 82.2 Å². The smallest absolute Gasteiger partial charge is 0.155 e. The number of H-pyrrole nitrogens is 1. The minimum atomic E-state index is -2.96. The molecule has 146 valence electrons. The van der Waals surface area contributed by atoms with Crippen LogP contribution in [-0.4, -0.2) is 71.5 Å². The van der Waals surface area contributed by atoms with Crippen molar-refractivity contribution in [3.8, 4) is 0 Å². The number of aromatic nitrogens is 3. The number of nitrogens with zero attached hydrogens (tertiary/aromatic N) is 4. The zero-order chi connectivity index (χ0) is 18.6. The van der Waals surface area contributed by atoms with Gasteiger partial charge in [0, 0.05) is 38.4 Å². The van der Waals surface area contributed by atoms with Crippen LogP contribution in [0.5, 0.6) is 0 Å². The van der Waals surface area contributed by atoms with Gasteiger partial charge in [0.2, 0.25) is 0 Å². The van der Waals surface area contributed by atoms with E-state index in [2.05, 4.69) is 24.8 Å². The Morgan fingerprint density at radius 2 is 2.04 bits per heavy atom. The number of hydrogen-bond donors (Lipinski definition) is 1. The van der Waals surface area contributed by atoms with Gasteiger partial charge in [-0.15, -0.1) is 0 Å². The quantitative estimate of drug-likeness (QED) is 0.812. The fourth-order valence-electron chi connectivity index (χ4n) is 4.68. The monoisotopic (exact) mass is 389 g/mol. The maximum atomic E-state index is 12.7. The molecule has 2 aliphatic carbocycles. The van der Waals surface area contributed by atoms with Crippen molar-refractivity contribution in [2.75, 3.05) is 30.8 Å². The van der Waals surface area contributed by atoms with E-state index in [4.69, 9.17) is 0 Å². The van der Waals surface area contributed by atoms with Crippen LogP contribution in [0.3, 0.4) is 0 Å². The molecule has 0 atom stereocenters. The van der Waals surface area contributed by atoms with Crippen LogP contribution in [0.2, 0.25) is 0 Å². The van der Waals surface area contributed by atoms with Crippen molar-refractivity contribution in [1.82, 2.24) is 19.9 Å². The third-order valence-electron chi connectivity index (χ3n) is 6.87. The Bertz CT molecular complexity index is 926. The van der Waals surface area contributed by atoms with E-state index in [0.29, 0.717) is 17.8 Å². The number of aromatic amines is 1. The zero-order valence-corrected chi connectivity index (χ0v) is 16.5. The molecule has 8 heteroatoms. The van der Waals surface area contributed by atoms with Gasteiger partial charge in [0.05, 0.1) is 16.4 Å². The predicted molar refractivity (Wildman–Crippen MR) is 106 cm³/mol. The summed E-state index contributed by atoms with van der Waals surface area (Å²) in [5, 5.41) is 0.887.